The first kappa shape index (κ1) is 20.8. The monoisotopic (exact) mass is 463 g/mol. The Morgan fingerprint density at radius 1 is 1.06 bits per heavy atom. The molecule has 0 saturated heterocycles. The lowest BCUT2D eigenvalue weighted by molar-refractivity contribution is -0.118. The van der Waals surface area contributed by atoms with E-state index in [1.807, 2.05) is 71.3 Å². The molecule has 2 unspecified atom stereocenters. The molecule has 9 nitrogen and oxygen atoms in total. The van der Waals surface area contributed by atoms with Gasteiger partial charge < -0.3 is 10.6 Å². The minimum absolute atomic E-state index is 0.247. The number of imidazole rings is 1. The highest BCUT2D eigenvalue weighted by Crippen LogP contribution is 2.30. The van der Waals surface area contributed by atoms with Crippen molar-refractivity contribution in [2.75, 3.05) is 5.32 Å². The van der Waals surface area contributed by atoms with Crippen LogP contribution in [0.3, 0.4) is 0 Å². The molecule has 1 aliphatic heterocycles. The summed E-state index contributed by atoms with van der Waals surface area (Å²) in [6.45, 7) is 1.71. The molecule has 3 heterocycles. The minimum atomic E-state index is -0.660. The molecule has 3 N–H and O–H groups in total. The number of fused-ring (bicyclic) bond motifs is 2. The highest BCUT2D eigenvalue weighted by atomic mass is 16.2. The number of rotatable bonds is 4. The Hall–Kier alpha value is -4.79. The fraction of sp³-hybridized carbons (Fsp3) is 0.115. The van der Waals surface area contributed by atoms with E-state index in [2.05, 4.69) is 30.8 Å². The molecule has 0 spiro atoms. The second-order valence-electron chi connectivity index (χ2n) is 8.51. The predicted molar refractivity (Wildman–Crippen MR) is 134 cm³/mol. The number of aromatic amines is 1. The quantitative estimate of drug-likeness (QED) is 0.367. The summed E-state index contributed by atoms with van der Waals surface area (Å²) >= 11 is 0. The van der Waals surface area contributed by atoms with Crippen LogP contribution >= 0.6 is 0 Å². The molecule has 2 aromatic heterocycles. The third-order valence-corrected chi connectivity index (χ3v) is 6.31. The number of urea groups is 1. The number of aliphatic imine (C=N–C) groups is 1. The topological polar surface area (TPSA) is 117 Å². The van der Waals surface area contributed by atoms with Gasteiger partial charge in [0.1, 0.15) is 12.2 Å². The van der Waals surface area contributed by atoms with E-state index in [0.29, 0.717) is 11.4 Å². The second-order valence-corrected chi connectivity index (χ2v) is 8.51. The smallest absolute Gasteiger partial charge is 0.328 e. The van der Waals surface area contributed by atoms with Gasteiger partial charge >= 0.3 is 6.03 Å². The first-order chi connectivity index (χ1) is 17.1. The summed E-state index contributed by atoms with van der Waals surface area (Å²) in [6.07, 6.45) is 3.48. The molecule has 0 fully saturated rings. The molecule has 0 radical (unpaired) electrons. The van der Waals surface area contributed by atoms with Gasteiger partial charge in [0.2, 0.25) is 5.91 Å². The third kappa shape index (κ3) is 3.72. The molecular formula is C26H21N7O2. The largest absolute Gasteiger partial charge is 0.341 e. The summed E-state index contributed by atoms with van der Waals surface area (Å²) in [5.74, 6) is -0.906. The first-order valence-corrected chi connectivity index (χ1v) is 11.2. The maximum atomic E-state index is 13.4. The van der Waals surface area contributed by atoms with Gasteiger partial charge in [0, 0.05) is 22.5 Å². The third-order valence-electron chi connectivity index (χ3n) is 6.31. The van der Waals surface area contributed by atoms with Gasteiger partial charge in [-0.2, -0.15) is 5.10 Å². The highest BCUT2D eigenvalue weighted by molar-refractivity contribution is 6.13. The number of nitrogens with zero attached hydrogens (tertiary/aromatic N) is 4. The van der Waals surface area contributed by atoms with E-state index < -0.39 is 18.0 Å². The number of hydrogen-bond donors (Lipinski definition) is 3. The van der Waals surface area contributed by atoms with Crippen LogP contribution in [0.1, 0.15) is 18.5 Å². The van der Waals surface area contributed by atoms with Crippen LogP contribution in [0.4, 0.5) is 10.5 Å². The number of carbonyl (C=O) groups excluding carboxylic acids is 2. The molecule has 172 valence electrons. The number of hydrogen-bond acceptors (Lipinski definition) is 4. The van der Waals surface area contributed by atoms with E-state index in [9.17, 15) is 9.59 Å². The lowest BCUT2D eigenvalue weighted by Crippen LogP contribution is -2.45. The zero-order chi connectivity index (χ0) is 23.9. The normalized spacial score (nSPS) is 17.9. The number of H-pyrrole nitrogens is 1. The van der Waals surface area contributed by atoms with Crippen molar-refractivity contribution in [2.45, 2.75) is 13.0 Å². The maximum absolute atomic E-state index is 13.4. The molecule has 9 heteroatoms. The Labute approximate surface area is 199 Å². The summed E-state index contributed by atoms with van der Waals surface area (Å²) < 4.78 is 2.00. The van der Waals surface area contributed by atoms with Crippen molar-refractivity contribution in [2.24, 2.45) is 10.9 Å². The fourth-order valence-corrected chi connectivity index (χ4v) is 4.58. The molecule has 3 aromatic carbocycles. The van der Waals surface area contributed by atoms with Crippen LogP contribution in [0.25, 0.3) is 27.6 Å². The Balaban J connectivity index is 1.30. The van der Waals surface area contributed by atoms with Gasteiger partial charge in [-0.3, -0.25) is 14.5 Å². The Morgan fingerprint density at radius 3 is 2.74 bits per heavy atom. The summed E-state index contributed by atoms with van der Waals surface area (Å²) in [6, 6.07) is 20.2. The van der Waals surface area contributed by atoms with Gasteiger partial charge in [-0.15, -0.1) is 0 Å². The van der Waals surface area contributed by atoms with Gasteiger partial charge in [-0.1, -0.05) is 24.3 Å². The predicted octanol–water partition coefficient (Wildman–Crippen LogP) is 4.38. The van der Waals surface area contributed by atoms with E-state index in [1.54, 1.807) is 19.4 Å². The van der Waals surface area contributed by atoms with Gasteiger partial charge in [0.05, 0.1) is 28.8 Å². The lowest BCUT2D eigenvalue weighted by Gasteiger charge is -2.30. The number of para-hydroxylation sites is 2. The number of nitrogens with one attached hydrogen (secondary N) is 3. The maximum Gasteiger partial charge on any atom is 0.341 e. The van der Waals surface area contributed by atoms with Crippen molar-refractivity contribution >= 4 is 45.3 Å². The first-order valence-electron chi connectivity index (χ1n) is 11.2. The Morgan fingerprint density at radius 2 is 1.89 bits per heavy atom. The average molecular weight is 464 g/mol. The van der Waals surface area contributed by atoms with Crippen molar-refractivity contribution < 1.29 is 9.59 Å². The van der Waals surface area contributed by atoms with Crippen LogP contribution in [0.5, 0.6) is 0 Å². The molecular weight excluding hydrogens is 442 g/mol. The van der Waals surface area contributed by atoms with Crippen LogP contribution in [0.2, 0.25) is 0 Å². The van der Waals surface area contributed by atoms with E-state index in [-0.39, 0.29) is 5.91 Å². The van der Waals surface area contributed by atoms with Crippen molar-refractivity contribution in [3.8, 4) is 5.69 Å². The molecule has 3 amide bonds. The Kier molecular flexibility index (Phi) is 4.88. The Bertz CT molecular complexity index is 1610. The number of anilines is 1. The SMILES string of the molecule is CC1=NC(=O)NC(c2ccc(-n3cnc4ccccc43)cc2)C1C(=O)Nc1ccc2[nH]ncc2c1. The number of aromatic nitrogens is 4. The highest BCUT2D eigenvalue weighted by Gasteiger charge is 2.37. The molecule has 1 aliphatic rings. The van der Waals surface area contributed by atoms with Crippen molar-refractivity contribution in [1.29, 1.82) is 0 Å². The summed E-state index contributed by atoms with van der Waals surface area (Å²) in [4.78, 5) is 34.1. The molecule has 0 saturated carbocycles. The summed E-state index contributed by atoms with van der Waals surface area (Å²) in [5.41, 5.74) is 5.65. The van der Waals surface area contributed by atoms with Crippen LogP contribution in [-0.4, -0.2) is 37.4 Å². The van der Waals surface area contributed by atoms with Crippen LogP contribution in [-0.2, 0) is 4.79 Å². The summed E-state index contributed by atoms with van der Waals surface area (Å²) in [5, 5.41) is 13.6. The zero-order valence-corrected chi connectivity index (χ0v) is 18.8. The zero-order valence-electron chi connectivity index (χ0n) is 18.8. The standard InChI is InChI=1S/C26H21N7O2/c1-15-23(25(34)30-18-8-11-20-17(12-18)13-28-32-20)24(31-26(35)29-15)16-6-9-19(10-7-16)33-14-27-21-4-2-3-5-22(21)33/h2-14,23-24H,1H3,(H,28,32)(H,30,34)(H,31,35). The average Bonchev–Trinajstić information content (AvgIpc) is 3.50. The van der Waals surface area contributed by atoms with Gasteiger partial charge in [0.25, 0.3) is 0 Å². The van der Waals surface area contributed by atoms with Gasteiger partial charge in [-0.05, 0) is 55.0 Å². The van der Waals surface area contributed by atoms with Crippen LogP contribution in [0, 0.1) is 5.92 Å². The van der Waals surface area contributed by atoms with E-state index >= 15 is 0 Å². The van der Waals surface area contributed by atoms with Crippen LogP contribution in [0.15, 0.2) is 84.2 Å². The number of carbonyl (C=O) groups is 2. The van der Waals surface area contributed by atoms with Crippen molar-refractivity contribution in [3.05, 3.63) is 84.8 Å². The van der Waals surface area contributed by atoms with E-state index in [0.717, 1.165) is 33.2 Å². The molecule has 5 aromatic rings. The van der Waals surface area contributed by atoms with E-state index in [4.69, 9.17) is 0 Å². The number of amides is 3. The second kappa shape index (κ2) is 8.21. The molecule has 0 aliphatic carbocycles. The van der Waals surface area contributed by atoms with Crippen molar-refractivity contribution in [1.82, 2.24) is 25.1 Å². The fourth-order valence-electron chi connectivity index (χ4n) is 4.58. The van der Waals surface area contributed by atoms with E-state index in [1.165, 1.54) is 0 Å². The molecule has 6 rings (SSSR count). The molecule has 35 heavy (non-hydrogen) atoms. The summed E-state index contributed by atoms with van der Waals surface area (Å²) in [7, 11) is 0. The van der Waals surface area contributed by atoms with Crippen LogP contribution < -0.4 is 10.6 Å². The number of benzene rings is 3. The lowest BCUT2D eigenvalue weighted by atomic mass is 9.87. The molecule has 2 atom stereocenters. The van der Waals surface area contributed by atoms with Crippen molar-refractivity contribution in [3.63, 3.8) is 0 Å². The van der Waals surface area contributed by atoms with Gasteiger partial charge in [0.15, 0.2) is 0 Å². The van der Waals surface area contributed by atoms with Gasteiger partial charge in [-0.25, -0.2) is 14.8 Å². The molecule has 0 bridgehead atoms. The minimum Gasteiger partial charge on any atom is -0.328 e.